The highest BCUT2D eigenvalue weighted by Crippen LogP contribution is 2.60. The summed E-state index contributed by atoms with van der Waals surface area (Å²) in [5.74, 6) is 1.34. The average molecular weight is 223 g/mol. The Morgan fingerprint density at radius 2 is 2.07 bits per heavy atom. The minimum atomic E-state index is 0.365. The van der Waals surface area contributed by atoms with Crippen LogP contribution in [0.25, 0.3) is 0 Å². The van der Waals surface area contributed by atoms with Gasteiger partial charge in [0.25, 0.3) is 0 Å². The van der Waals surface area contributed by atoms with Gasteiger partial charge in [-0.3, -0.25) is 0 Å². The van der Waals surface area contributed by atoms with Crippen molar-refractivity contribution < 1.29 is 0 Å². The fourth-order valence-corrected chi connectivity index (χ4v) is 4.58. The molecule has 1 nitrogen and oxygen atoms in total. The van der Waals surface area contributed by atoms with E-state index in [4.69, 9.17) is 5.73 Å². The summed E-state index contributed by atoms with van der Waals surface area (Å²) in [6.07, 6.45) is 2.41. The van der Waals surface area contributed by atoms with Crippen LogP contribution in [0.2, 0.25) is 0 Å². The van der Waals surface area contributed by atoms with Crippen molar-refractivity contribution in [2.45, 2.75) is 45.6 Å². The van der Waals surface area contributed by atoms with Crippen LogP contribution >= 0.6 is 11.3 Å². The third-order valence-electron chi connectivity index (χ3n) is 4.54. The molecule has 1 aliphatic rings. The lowest BCUT2D eigenvalue weighted by molar-refractivity contribution is -0.0160. The van der Waals surface area contributed by atoms with Crippen molar-refractivity contribution in [1.29, 1.82) is 0 Å². The van der Waals surface area contributed by atoms with Crippen LogP contribution in [-0.2, 0) is 0 Å². The van der Waals surface area contributed by atoms with Gasteiger partial charge in [0.15, 0.2) is 0 Å². The molecular formula is C13H21NS. The van der Waals surface area contributed by atoms with Crippen LogP contribution in [-0.4, -0.2) is 6.04 Å². The van der Waals surface area contributed by atoms with Gasteiger partial charge in [0.2, 0.25) is 0 Å². The van der Waals surface area contributed by atoms with E-state index in [1.54, 1.807) is 0 Å². The zero-order chi connectivity index (χ0) is 11.1. The highest BCUT2D eigenvalue weighted by Gasteiger charge is 2.56. The first-order chi connectivity index (χ1) is 7.17. The van der Waals surface area contributed by atoms with Crippen LogP contribution in [0, 0.1) is 11.3 Å². The first-order valence-corrected chi connectivity index (χ1v) is 6.84. The average Bonchev–Trinajstić information content (AvgIpc) is 2.77. The van der Waals surface area contributed by atoms with Crippen molar-refractivity contribution in [1.82, 2.24) is 0 Å². The van der Waals surface area contributed by atoms with Crippen LogP contribution in [0.5, 0.6) is 0 Å². The van der Waals surface area contributed by atoms with Gasteiger partial charge in [-0.15, -0.1) is 11.3 Å². The molecule has 1 heterocycles. The van der Waals surface area contributed by atoms with Gasteiger partial charge < -0.3 is 5.73 Å². The number of nitrogens with two attached hydrogens (primary N) is 1. The molecule has 1 aromatic rings. The number of hydrogen-bond donors (Lipinski definition) is 1. The molecule has 0 aliphatic heterocycles. The van der Waals surface area contributed by atoms with Gasteiger partial charge in [-0.2, -0.15) is 0 Å². The van der Waals surface area contributed by atoms with Crippen LogP contribution in [0.15, 0.2) is 17.5 Å². The van der Waals surface area contributed by atoms with Crippen LogP contribution < -0.4 is 5.73 Å². The summed E-state index contributed by atoms with van der Waals surface area (Å²) < 4.78 is 0. The fourth-order valence-electron chi connectivity index (χ4n) is 3.52. The molecule has 1 aliphatic carbocycles. The molecule has 3 atom stereocenters. The minimum absolute atomic E-state index is 0.365. The maximum absolute atomic E-state index is 6.32. The first-order valence-electron chi connectivity index (χ1n) is 5.96. The van der Waals surface area contributed by atoms with Crippen molar-refractivity contribution in [3.8, 4) is 0 Å². The Balaban J connectivity index is 2.31. The zero-order valence-corrected chi connectivity index (χ0v) is 10.7. The van der Waals surface area contributed by atoms with Crippen molar-refractivity contribution in [3.63, 3.8) is 0 Å². The maximum Gasteiger partial charge on any atom is 0.0134 e. The molecule has 0 radical (unpaired) electrons. The van der Waals surface area contributed by atoms with Crippen LogP contribution in [0.3, 0.4) is 0 Å². The molecule has 2 heteroatoms. The third-order valence-corrected chi connectivity index (χ3v) is 5.50. The molecule has 1 fully saturated rings. The van der Waals surface area contributed by atoms with E-state index in [1.807, 2.05) is 11.3 Å². The van der Waals surface area contributed by atoms with Crippen molar-refractivity contribution in [2.24, 2.45) is 17.1 Å². The third kappa shape index (κ3) is 1.38. The number of rotatable bonds is 3. The van der Waals surface area contributed by atoms with Gasteiger partial charge >= 0.3 is 0 Å². The van der Waals surface area contributed by atoms with Gasteiger partial charge in [-0.1, -0.05) is 26.8 Å². The Morgan fingerprint density at radius 3 is 2.53 bits per heavy atom. The topological polar surface area (TPSA) is 26.0 Å². The molecular weight excluding hydrogens is 202 g/mol. The lowest BCUT2D eigenvalue weighted by Gasteiger charge is -2.59. The molecule has 0 spiro atoms. The van der Waals surface area contributed by atoms with E-state index in [2.05, 4.69) is 38.3 Å². The molecule has 0 saturated heterocycles. The monoisotopic (exact) mass is 223 g/mol. The summed E-state index contributed by atoms with van der Waals surface area (Å²) in [5.41, 5.74) is 6.69. The normalized spacial score (nSPS) is 33.7. The van der Waals surface area contributed by atoms with Gasteiger partial charge in [0.05, 0.1) is 0 Å². The Labute approximate surface area is 96.7 Å². The highest BCUT2D eigenvalue weighted by molar-refractivity contribution is 7.10. The van der Waals surface area contributed by atoms with E-state index in [9.17, 15) is 0 Å². The molecule has 1 aromatic heterocycles. The molecule has 2 rings (SSSR count). The second kappa shape index (κ2) is 3.91. The second-order valence-electron chi connectivity index (χ2n) is 4.82. The predicted molar refractivity (Wildman–Crippen MR) is 67.2 cm³/mol. The van der Waals surface area contributed by atoms with E-state index >= 15 is 0 Å². The summed E-state index contributed by atoms with van der Waals surface area (Å²) in [6.45, 7) is 6.88. The molecule has 15 heavy (non-hydrogen) atoms. The largest absolute Gasteiger partial charge is 0.327 e. The highest BCUT2D eigenvalue weighted by atomic mass is 32.1. The lowest BCUT2D eigenvalue weighted by atomic mass is 9.48. The summed E-state index contributed by atoms with van der Waals surface area (Å²) in [7, 11) is 0. The molecule has 2 N–H and O–H groups in total. The summed E-state index contributed by atoms with van der Waals surface area (Å²) in [5, 5.41) is 2.18. The lowest BCUT2D eigenvalue weighted by Crippen LogP contribution is -2.62. The smallest absolute Gasteiger partial charge is 0.0134 e. The quantitative estimate of drug-likeness (QED) is 0.832. The van der Waals surface area contributed by atoms with E-state index < -0.39 is 0 Å². The number of thiophene rings is 1. The maximum atomic E-state index is 6.32. The Kier molecular flexibility index (Phi) is 2.91. The van der Waals surface area contributed by atoms with Gasteiger partial charge in [0, 0.05) is 16.8 Å². The molecule has 1 saturated carbocycles. The molecule has 84 valence electrons. The molecule has 0 bridgehead atoms. The summed E-state index contributed by atoms with van der Waals surface area (Å²) >= 11 is 1.89. The number of hydrogen-bond acceptors (Lipinski definition) is 2. The summed E-state index contributed by atoms with van der Waals surface area (Å²) in [6, 6.07) is 4.82. The summed E-state index contributed by atoms with van der Waals surface area (Å²) in [4.78, 5) is 1.54. The van der Waals surface area contributed by atoms with Crippen molar-refractivity contribution in [2.75, 3.05) is 0 Å². The van der Waals surface area contributed by atoms with E-state index in [0.29, 0.717) is 23.3 Å². The van der Waals surface area contributed by atoms with Crippen molar-refractivity contribution in [3.05, 3.63) is 22.4 Å². The molecule has 0 amide bonds. The van der Waals surface area contributed by atoms with Gasteiger partial charge in [-0.25, -0.2) is 0 Å². The van der Waals surface area contributed by atoms with Crippen LogP contribution in [0.4, 0.5) is 0 Å². The molecule has 0 aromatic carbocycles. The van der Waals surface area contributed by atoms with Crippen molar-refractivity contribution >= 4 is 11.3 Å². The van der Waals surface area contributed by atoms with Gasteiger partial charge in [-0.05, 0) is 35.6 Å². The predicted octanol–water partition coefficient (Wildman–Crippen LogP) is 3.62. The minimum Gasteiger partial charge on any atom is -0.327 e. The zero-order valence-electron chi connectivity index (χ0n) is 9.86. The molecule has 3 unspecified atom stereocenters. The van der Waals surface area contributed by atoms with E-state index in [0.717, 1.165) is 0 Å². The second-order valence-corrected chi connectivity index (χ2v) is 5.80. The van der Waals surface area contributed by atoms with E-state index in [-0.39, 0.29) is 0 Å². The first kappa shape index (κ1) is 11.2. The Hall–Kier alpha value is -0.340. The SMILES string of the molecule is CCC1(CC)C(N)C(C)C1c1cccs1. The Morgan fingerprint density at radius 1 is 1.40 bits per heavy atom. The fraction of sp³-hybridized carbons (Fsp3) is 0.692. The van der Waals surface area contributed by atoms with E-state index in [1.165, 1.54) is 17.7 Å². The van der Waals surface area contributed by atoms with Gasteiger partial charge in [0.1, 0.15) is 0 Å². The van der Waals surface area contributed by atoms with Crippen LogP contribution in [0.1, 0.15) is 44.4 Å². The standard InChI is InChI=1S/C13H21NS/c1-4-13(5-2)11(9(3)12(13)14)10-7-6-8-15-10/h6-9,11-12H,4-5,14H2,1-3H3. The Bertz CT molecular complexity index is 313.